The molecule has 2 aromatic heterocycles. The highest BCUT2D eigenvalue weighted by molar-refractivity contribution is 6.29. The number of anilines is 1. The number of aryl methyl sites for hydroxylation is 1. The van der Waals surface area contributed by atoms with Crippen molar-refractivity contribution in [2.24, 2.45) is 0 Å². The molecule has 0 bridgehead atoms. The number of pyridine rings is 1. The molecule has 86 valence electrons. The third-order valence-corrected chi connectivity index (χ3v) is 2.19. The Bertz CT molecular complexity index is 541. The summed E-state index contributed by atoms with van der Waals surface area (Å²) in [5.41, 5.74) is 1.39. The molecule has 0 aliphatic rings. The maximum absolute atomic E-state index is 11.8. The van der Waals surface area contributed by atoms with E-state index in [1.54, 1.807) is 12.3 Å². The van der Waals surface area contributed by atoms with Gasteiger partial charge in [0, 0.05) is 12.4 Å². The molecule has 17 heavy (non-hydrogen) atoms. The van der Waals surface area contributed by atoms with Gasteiger partial charge in [-0.2, -0.15) is 0 Å². The second-order valence-electron chi connectivity index (χ2n) is 3.43. The first-order valence-corrected chi connectivity index (χ1v) is 5.23. The minimum absolute atomic E-state index is 0.278. The van der Waals surface area contributed by atoms with E-state index in [2.05, 4.69) is 20.3 Å². The molecule has 6 heteroatoms. The molecule has 0 aliphatic carbocycles. The van der Waals surface area contributed by atoms with Crippen LogP contribution in [0.15, 0.2) is 30.9 Å². The van der Waals surface area contributed by atoms with Crippen molar-refractivity contribution in [1.82, 2.24) is 15.0 Å². The molecular formula is C11H9ClN4O. The number of carbonyl (C=O) groups excluding carboxylic acids is 1. The van der Waals surface area contributed by atoms with Crippen LogP contribution in [0.5, 0.6) is 0 Å². The zero-order valence-corrected chi connectivity index (χ0v) is 9.77. The van der Waals surface area contributed by atoms with E-state index in [0.29, 0.717) is 11.4 Å². The normalized spacial score (nSPS) is 10.0. The van der Waals surface area contributed by atoms with Crippen LogP contribution in [0.3, 0.4) is 0 Å². The maximum atomic E-state index is 11.8. The first-order chi connectivity index (χ1) is 8.15. The number of halogens is 1. The topological polar surface area (TPSA) is 67.8 Å². The average molecular weight is 249 g/mol. The third-order valence-electron chi connectivity index (χ3n) is 2.00. The highest BCUT2D eigenvalue weighted by Crippen LogP contribution is 2.08. The van der Waals surface area contributed by atoms with E-state index in [4.69, 9.17) is 11.6 Å². The first kappa shape index (κ1) is 11.5. The summed E-state index contributed by atoms with van der Waals surface area (Å²) in [5.74, 6) is 0.0683. The van der Waals surface area contributed by atoms with Gasteiger partial charge in [0.1, 0.15) is 5.15 Å². The van der Waals surface area contributed by atoms with Crippen molar-refractivity contribution >= 4 is 23.3 Å². The van der Waals surface area contributed by atoms with Crippen molar-refractivity contribution in [3.05, 3.63) is 47.1 Å². The second kappa shape index (κ2) is 4.88. The lowest BCUT2D eigenvalue weighted by Crippen LogP contribution is -2.13. The first-order valence-electron chi connectivity index (χ1n) is 4.86. The van der Waals surface area contributed by atoms with Crippen molar-refractivity contribution in [3.8, 4) is 0 Å². The van der Waals surface area contributed by atoms with Gasteiger partial charge < -0.3 is 5.32 Å². The molecule has 0 saturated carbocycles. The molecule has 1 amide bonds. The lowest BCUT2D eigenvalue weighted by atomic mass is 10.2. The van der Waals surface area contributed by atoms with Crippen molar-refractivity contribution in [3.63, 3.8) is 0 Å². The molecule has 0 aromatic carbocycles. The van der Waals surface area contributed by atoms with E-state index in [1.807, 2.05) is 6.92 Å². The molecule has 0 unspecified atom stereocenters. The van der Waals surface area contributed by atoms with E-state index in [9.17, 15) is 4.79 Å². The van der Waals surface area contributed by atoms with Crippen LogP contribution in [0.4, 0.5) is 5.82 Å². The van der Waals surface area contributed by atoms with Crippen LogP contribution in [0.1, 0.15) is 15.9 Å². The summed E-state index contributed by atoms with van der Waals surface area (Å²) in [6.07, 6.45) is 5.93. The third kappa shape index (κ3) is 2.98. The Balaban J connectivity index is 2.14. The Labute approximate surface area is 103 Å². The SMILES string of the molecule is Cc1cncc(C(=O)Nc2cnc(Cl)cn2)c1. The Kier molecular flexibility index (Phi) is 3.30. The van der Waals surface area contributed by atoms with Crippen LogP contribution < -0.4 is 5.32 Å². The quantitative estimate of drug-likeness (QED) is 0.884. The molecule has 0 saturated heterocycles. The van der Waals surface area contributed by atoms with Crippen molar-refractivity contribution in [1.29, 1.82) is 0 Å². The van der Waals surface area contributed by atoms with Crippen molar-refractivity contribution in [2.75, 3.05) is 5.32 Å². The van der Waals surface area contributed by atoms with Crippen molar-refractivity contribution < 1.29 is 4.79 Å². The minimum Gasteiger partial charge on any atom is -0.305 e. The Hall–Kier alpha value is -2.01. The molecule has 0 radical (unpaired) electrons. The molecule has 2 rings (SSSR count). The summed E-state index contributed by atoms with van der Waals surface area (Å²) in [5, 5.41) is 2.88. The Morgan fingerprint density at radius 1 is 1.24 bits per heavy atom. The number of amides is 1. The average Bonchev–Trinajstić information content (AvgIpc) is 2.32. The Morgan fingerprint density at radius 2 is 2.06 bits per heavy atom. The fourth-order valence-electron chi connectivity index (χ4n) is 1.24. The standard InChI is InChI=1S/C11H9ClN4O/c1-7-2-8(4-13-3-7)11(17)16-10-6-14-9(12)5-15-10/h2-6H,1H3,(H,15,16,17). The van der Waals surface area contributed by atoms with E-state index < -0.39 is 0 Å². The van der Waals surface area contributed by atoms with E-state index in [0.717, 1.165) is 5.56 Å². The van der Waals surface area contributed by atoms with Gasteiger partial charge in [-0.05, 0) is 18.6 Å². The van der Waals surface area contributed by atoms with Gasteiger partial charge in [0.25, 0.3) is 5.91 Å². The maximum Gasteiger partial charge on any atom is 0.258 e. The van der Waals surface area contributed by atoms with Crippen LogP contribution in [0.25, 0.3) is 0 Å². The van der Waals surface area contributed by atoms with Gasteiger partial charge in [-0.1, -0.05) is 11.6 Å². The lowest BCUT2D eigenvalue weighted by molar-refractivity contribution is 0.102. The van der Waals surface area contributed by atoms with E-state index in [-0.39, 0.29) is 11.1 Å². The van der Waals surface area contributed by atoms with Crippen LogP contribution in [-0.4, -0.2) is 20.9 Å². The number of aromatic nitrogens is 3. The summed E-state index contributed by atoms with van der Waals surface area (Å²) < 4.78 is 0. The van der Waals surface area contributed by atoms with Crippen molar-refractivity contribution in [2.45, 2.75) is 6.92 Å². The number of hydrogen-bond donors (Lipinski definition) is 1. The second-order valence-corrected chi connectivity index (χ2v) is 3.82. The summed E-state index contributed by atoms with van der Waals surface area (Å²) in [6.45, 7) is 1.87. The predicted molar refractivity (Wildman–Crippen MR) is 64.0 cm³/mol. The Morgan fingerprint density at radius 3 is 2.71 bits per heavy atom. The van der Waals surface area contributed by atoms with Crippen LogP contribution in [-0.2, 0) is 0 Å². The number of hydrogen-bond acceptors (Lipinski definition) is 4. The van der Waals surface area contributed by atoms with E-state index >= 15 is 0 Å². The molecule has 0 spiro atoms. The van der Waals surface area contributed by atoms with E-state index in [1.165, 1.54) is 18.6 Å². The lowest BCUT2D eigenvalue weighted by Gasteiger charge is -2.03. The molecular weight excluding hydrogens is 240 g/mol. The smallest absolute Gasteiger partial charge is 0.258 e. The van der Waals surface area contributed by atoms with Crippen LogP contribution >= 0.6 is 11.6 Å². The molecule has 2 aromatic rings. The van der Waals surface area contributed by atoms with Gasteiger partial charge in [0.15, 0.2) is 5.82 Å². The highest BCUT2D eigenvalue weighted by Gasteiger charge is 2.07. The van der Waals surface area contributed by atoms with Gasteiger partial charge in [-0.15, -0.1) is 0 Å². The van der Waals surface area contributed by atoms with Gasteiger partial charge in [-0.25, -0.2) is 9.97 Å². The molecule has 5 nitrogen and oxygen atoms in total. The van der Waals surface area contributed by atoms with Gasteiger partial charge in [0.2, 0.25) is 0 Å². The van der Waals surface area contributed by atoms with Gasteiger partial charge >= 0.3 is 0 Å². The number of carbonyl (C=O) groups is 1. The number of rotatable bonds is 2. The highest BCUT2D eigenvalue weighted by atomic mass is 35.5. The van der Waals surface area contributed by atoms with Crippen LogP contribution in [0, 0.1) is 6.92 Å². The zero-order chi connectivity index (χ0) is 12.3. The fourth-order valence-corrected chi connectivity index (χ4v) is 1.34. The molecule has 2 heterocycles. The summed E-state index contributed by atoms with van der Waals surface area (Å²) in [6, 6.07) is 1.74. The predicted octanol–water partition coefficient (Wildman–Crippen LogP) is 2.09. The molecule has 0 fully saturated rings. The number of nitrogens with zero attached hydrogens (tertiary/aromatic N) is 3. The number of nitrogens with one attached hydrogen (secondary N) is 1. The summed E-state index contributed by atoms with van der Waals surface area (Å²) >= 11 is 5.59. The van der Waals surface area contributed by atoms with Crippen LogP contribution in [0.2, 0.25) is 5.15 Å². The molecule has 0 atom stereocenters. The summed E-state index contributed by atoms with van der Waals surface area (Å²) in [4.78, 5) is 23.5. The molecule has 1 N–H and O–H groups in total. The van der Waals surface area contributed by atoms with Gasteiger partial charge in [-0.3, -0.25) is 9.78 Å². The largest absolute Gasteiger partial charge is 0.305 e. The van der Waals surface area contributed by atoms with Gasteiger partial charge in [0.05, 0.1) is 18.0 Å². The minimum atomic E-state index is -0.280. The fraction of sp³-hybridized carbons (Fsp3) is 0.0909. The summed E-state index contributed by atoms with van der Waals surface area (Å²) in [7, 11) is 0. The zero-order valence-electron chi connectivity index (χ0n) is 9.01. The monoisotopic (exact) mass is 248 g/mol. The molecule has 0 aliphatic heterocycles.